The van der Waals surface area contributed by atoms with Crippen molar-refractivity contribution < 1.29 is 14.0 Å². The number of carbonyl (C=O) groups excluding carboxylic acids is 2. The lowest BCUT2D eigenvalue weighted by Gasteiger charge is -2.11. The van der Waals surface area contributed by atoms with Gasteiger partial charge in [-0.15, -0.1) is 0 Å². The molecule has 3 rings (SSSR count). The standard InChI is InChI=1S/C24H27FN2O2.C2H6/c1-5-7-18(28)14-20-24(26-22-11-15(3)9-10-27(20)22)23-16(4)12-17(13-19(23)25)21(29)8-6-2;1-2/h9-13H,5-8,14H2,1-4H3;1-2H3. The molecule has 0 aliphatic rings. The topological polar surface area (TPSA) is 51.4 Å². The average molecular weight is 425 g/mol. The van der Waals surface area contributed by atoms with Crippen molar-refractivity contribution in [1.29, 1.82) is 0 Å². The SMILES string of the molecule is CC.CCCC(=O)Cc1c(-c2c(C)cc(C(=O)CCC)cc2F)nc2cc(C)ccn12. The van der Waals surface area contributed by atoms with Crippen molar-refractivity contribution in [3.8, 4) is 11.3 Å². The number of aromatic nitrogens is 2. The quantitative estimate of drug-likeness (QED) is 0.379. The second-order valence-electron chi connectivity index (χ2n) is 7.63. The van der Waals surface area contributed by atoms with Crippen molar-refractivity contribution in [3.63, 3.8) is 0 Å². The minimum atomic E-state index is -0.478. The molecule has 0 saturated carbocycles. The van der Waals surface area contributed by atoms with E-state index in [1.54, 1.807) is 13.0 Å². The number of halogens is 1. The summed E-state index contributed by atoms with van der Waals surface area (Å²) in [7, 11) is 0. The second-order valence-corrected chi connectivity index (χ2v) is 7.63. The van der Waals surface area contributed by atoms with E-state index in [2.05, 4.69) is 4.98 Å². The van der Waals surface area contributed by atoms with Crippen molar-refractivity contribution in [2.24, 2.45) is 0 Å². The molecular weight excluding hydrogens is 391 g/mol. The number of Topliss-reactive ketones (excluding diaryl/α,β-unsaturated/α-hetero) is 2. The number of hydrogen-bond acceptors (Lipinski definition) is 3. The zero-order valence-electron chi connectivity index (χ0n) is 19.5. The number of imidazole rings is 1. The van der Waals surface area contributed by atoms with Gasteiger partial charge in [0.2, 0.25) is 0 Å². The lowest BCUT2D eigenvalue weighted by molar-refractivity contribution is -0.118. The first kappa shape index (κ1) is 24.4. The molecule has 0 amide bonds. The van der Waals surface area contributed by atoms with Gasteiger partial charge in [-0.3, -0.25) is 9.59 Å². The number of benzene rings is 1. The van der Waals surface area contributed by atoms with Crippen molar-refractivity contribution >= 4 is 17.2 Å². The summed E-state index contributed by atoms with van der Waals surface area (Å²) < 4.78 is 17.1. The molecule has 0 spiro atoms. The molecule has 3 aromatic rings. The van der Waals surface area contributed by atoms with Crippen LogP contribution in [0.5, 0.6) is 0 Å². The van der Waals surface area contributed by atoms with Crippen LogP contribution >= 0.6 is 0 Å². The van der Waals surface area contributed by atoms with E-state index in [0.29, 0.717) is 46.6 Å². The smallest absolute Gasteiger partial charge is 0.162 e. The van der Waals surface area contributed by atoms with E-state index in [0.717, 1.165) is 18.4 Å². The summed E-state index contributed by atoms with van der Waals surface area (Å²) in [5.41, 5.74) is 4.28. The Labute approximate surface area is 184 Å². The molecule has 0 aliphatic carbocycles. The molecule has 4 nitrogen and oxygen atoms in total. The molecule has 0 radical (unpaired) electrons. The van der Waals surface area contributed by atoms with Crippen LogP contribution in [0.4, 0.5) is 4.39 Å². The van der Waals surface area contributed by atoms with E-state index in [-0.39, 0.29) is 18.0 Å². The van der Waals surface area contributed by atoms with Crippen molar-refractivity contribution in [3.05, 3.63) is 58.7 Å². The Balaban J connectivity index is 0.00000166. The molecule has 0 atom stereocenters. The lowest BCUT2D eigenvalue weighted by Crippen LogP contribution is -2.07. The zero-order valence-corrected chi connectivity index (χ0v) is 19.5. The number of ketones is 2. The first-order chi connectivity index (χ1) is 14.8. The highest BCUT2D eigenvalue weighted by atomic mass is 19.1. The maximum Gasteiger partial charge on any atom is 0.162 e. The molecule has 1 aromatic carbocycles. The maximum absolute atomic E-state index is 15.2. The van der Waals surface area contributed by atoms with Crippen LogP contribution in [0, 0.1) is 19.7 Å². The average Bonchev–Trinajstić information content (AvgIpc) is 3.06. The third-order valence-electron chi connectivity index (χ3n) is 5.10. The van der Waals surface area contributed by atoms with Crippen LogP contribution in [0.2, 0.25) is 0 Å². The Morgan fingerprint density at radius 1 is 1.03 bits per heavy atom. The highest BCUT2D eigenvalue weighted by molar-refractivity contribution is 5.97. The van der Waals surface area contributed by atoms with Crippen LogP contribution in [0.25, 0.3) is 16.9 Å². The predicted molar refractivity (Wildman–Crippen MR) is 124 cm³/mol. The van der Waals surface area contributed by atoms with E-state index >= 15 is 4.39 Å². The summed E-state index contributed by atoms with van der Waals surface area (Å²) in [6, 6.07) is 6.89. The monoisotopic (exact) mass is 424 g/mol. The summed E-state index contributed by atoms with van der Waals surface area (Å²) in [6.07, 6.45) is 4.43. The Kier molecular flexibility index (Phi) is 8.66. The largest absolute Gasteiger partial charge is 0.303 e. The highest BCUT2D eigenvalue weighted by Gasteiger charge is 2.22. The van der Waals surface area contributed by atoms with E-state index in [1.807, 2.05) is 57.3 Å². The molecule has 0 unspecified atom stereocenters. The van der Waals surface area contributed by atoms with Gasteiger partial charge >= 0.3 is 0 Å². The fraction of sp³-hybridized carbons (Fsp3) is 0.423. The van der Waals surface area contributed by atoms with E-state index < -0.39 is 5.82 Å². The van der Waals surface area contributed by atoms with E-state index in [4.69, 9.17) is 0 Å². The Morgan fingerprint density at radius 2 is 1.71 bits per heavy atom. The molecule has 0 N–H and O–H groups in total. The number of nitrogens with zero attached hydrogens (tertiary/aromatic N) is 2. The summed E-state index contributed by atoms with van der Waals surface area (Å²) in [4.78, 5) is 29.3. The number of hydrogen-bond donors (Lipinski definition) is 0. The molecule has 5 heteroatoms. The predicted octanol–water partition coefficient (Wildman–Crippen LogP) is 6.68. The maximum atomic E-state index is 15.2. The summed E-state index contributed by atoms with van der Waals surface area (Å²) in [6.45, 7) is 11.6. The fourth-order valence-electron chi connectivity index (χ4n) is 3.70. The molecule has 166 valence electrons. The van der Waals surface area contributed by atoms with Gasteiger partial charge in [0.05, 0.1) is 11.4 Å². The second kappa shape index (κ2) is 11.0. The van der Waals surface area contributed by atoms with Gasteiger partial charge in [0.25, 0.3) is 0 Å². The number of fused-ring (bicyclic) bond motifs is 1. The van der Waals surface area contributed by atoms with E-state index in [9.17, 15) is 9.59 Å². The third-order valence-corrected chi connectivity index (χ3v) is 5.10. The molecule has 0 bridgehead atoms. The summed E-state index contributed by atoms with van der Waals surface area (Å²) in [5, 5.41) is 0. The molecule has 31 heavy (non-hydrogen) atoms. The molecule has 0 saturated heterocycles. The van der Waals surface area contributed by atoms with Crippen LogP contribution < -0.4 is 0 Å². The van der Waals surface area contributed by atoms with Gasteiger partial charge in [0, 0.05) is 36.6 Å². The number of rotatable bonds is 8. The number of aryl methyl sites for hydroxylation is 2. The van der Waals surface area contributed by atoms with Crippen molar-refractivity contribution in [1.82, 2.24) is 9.38 Å². The van der Waals surface area contributed by atoms with Crippen LogP contribution in [0.1, 0.15) is 80.6 Å². The van der Waals surface area contributed by atoms with Gasteiger partial charge < -0.3 is 4.40 Å². The Morgan fingerprint density at radius 3 is 2.32 bits per heavy atom. The van der Waals surface area contributed by atoms with Gasteiger partial charge in [0.15, 0.2) is 5.78 Å². The lowest BCUT2D eigenvalue weighted by atomic mass is 9.96. The molecule has 2 aromatic heterocycles. The van der Waals surface area contributed by atoms with Gasteiger partial charge in [-0.2, -0.15) is 0 Å². The van der Waals surface area contributed by atoms with Crippen LogP contribution in [-0.4, -0.2) is 21.0 Å². The van der Waals surface area contributed by atoms with E-state index in [1.165, 1.54) is 6.07 Å². The molecule has 0 aliphatic heterocycles. The fourth-order valence-corrected chi connectivity index (χ4v) is 3.70. The minimum absolute atomic E-state index is 0.0648. The zero-order chi connectivity index (χ0) is 23.1. The molecular formula is C26H33FN2O2. The Hall–Kier alpha value is -2.82. The van der Waals surface area contributed by atoms with Gasteiger partial charge in [-0.05, 0) is 62.1 Å². The van der Waals surface area contributed by atoms with Crippen LogP contribution in [0.15, 0.2) is 30.5 Å². The summed E-state index contributed by atoms with van der Waals surface area (Å²) in [5.74, 6) is -0.442. The first-order valence-corrected chi connectivity index (χ1v) is 11.2. The molecule has 0 fully saturated rings. The van der Waals surface area contributed by atoms with Gasteiger partial charge in [0.1, 0.15) is 17.2 Å². The third kappa shape index (κ3) is 5.46. The van der Waals surface area contributed by atoms with Gasteiger partial charge in [-0.25, -0.2) is 9.37 Å². The van der Waals surface area contributed by atoms with Crippen LogP contribution in [0.3, 0.4) is 0 Å². The normalized spacial score (nSPS) is 10.7. The van der Waals surface area contributed by atoms with Crippen molar-refractivity contribution in [2.75, 3.05) is 0 Å². The van der Waals surface area contributed by atoms with Crippen LogP contribution in [-0.2, 0) is 11.2 Å². The summed E-state index contributed by atoms with van der Waals surface area (Å²) >= 11 is 0. The number of carbonyl (C=O) groups is 2. The minimum Gasteiger partial charge on any atom is -0.303 e. The van der Waals surface area contributed by atoms with Crippen molar-refractivity contribution in [2.45, 2.75) is 73.6 Å². The van der Waals surface area contributed by atoms with Gasteiger partial charge in [-0.1, -0.05) is 27.7 Å². The number of pyridine rings is 1. The molecule has 2 heterocycles. The first-order valence-electron chi connectivity index (χ1n) is 11.2. The highest BCUT2D eigenvalue weighted by Crippen LogP contribution is 2.32. The Bertz CT molecular complexity index is 1060.